The Morgan fingerprint density at radius 3 is 2.61 bits per heavy atom. The van der Waals surface area contributed by atoms with Gasteiger partial charge in [-0.15, -0.1) is 5.10 Å². The summed E-state index contributed by atoms with van der Waals surface area (Å²) >= 11 is 6.07. The van der Waals surface area contributed by atoms with Gasteiger partial charge in [-0.3, -0.25) is 4.79 Å². The maximum atomic E-state index is 14.5. The summed E-state index contributed by atoms with van der Waals surface area (Å²) in [5.74, 6) is -4.65. The van der Waals surface area contributed by atoms with Crippen molar-refractivity contribution in [3.05, 3.63) is 58.2 Å². The van der Waals surface area contributed by atoms with Gasteiger partial charge >= 0.3 is 6.18 Å². The van der Waals surface area contributed by atoms with E-state index in [1.165, 1.54) is 25.2 Å². The van der Waals surface area contributed by atoms with Crippen LogP contribution >= 0.6 is 11.6 Å². The van der Waals surface area contributed by atoms with Crippen LogP contribution in [0.15, 0.2) is 52.0 Å². The van der Waals surface area contributed by atoms with Crippen LogP contribution in [0.25, 0.3) is 0 Å². The van der Waals surface area contributed by atoms with E-state index in [0.29, 0.717) is 6.20 Å². The van der Waals surface area contributed by atoms with Crippen LogP contribution in [0.5, 0.6) is 0 Å². The minimum atomic E-state index is -4.55. The second kappa shape index (κ2) is 10.7. The number of benzene rings is 1. The first-order chi connectivity index (χ1) is 16.8. The number of carbonyl (C=O) groups excluding carboxylic acids is 1. The molecule has 1 aliphatic rings. The van der Waals surface area contributed by atoms with Gasteiger partial charge in [0.1, 0.15) is 5.82 Å². The van der Waals surface area contributed by atoms with Crippen LogP contribution in [-0.2, 0) is 6.18 Å². The van der Waals surface area contributed by atoms with Crippen molar-refractivity contribution in [1.82, 2.24) is 9.88 Å². The van der Waals surface area contributed by atoms with Crippen LogP contribution in [0, 0.1) is 5.92 Å². The first kappa shape index (κ1) is 27.2. The van der Waals surface area contributed by atoms with Gasteiger partial charge < -0.3 is 16.0 Å². The van der Waals surface area contributed by atoms with Crippen molar-refractivity contribution in [1.29, 1.82) is 0 Å². The molecule has 0 bridgehead atoms. The molecule has 1 aliphatic heterocycles. The molecule has 3 N–H and O–H groups in total. The van der Waals surface area contributed by atoms with E-state index >= 15 is 0 Å². The Kier molecular flexibility index (Phi) is 8.12. The maximum Gasteiger partial charge on any atom is 0.417 e. The number of hydrogen-bond donors (Lipinski definition) is 2. The van der Waals surface area contributed by atoms with Crippen LogP contribution in [0.1, 0.15) is 34.8 Å². The third-order valence-electron chi connectivity index (χ3n) is 5.65. The molecule has 2 aromatic rings. The molecule has 0 saturated carbocycles. The highest BCUT2D eigenvalue weighted by Crippen LogP contribution is 2.36. The number of carbonyl (C=O) groups is 1. The molecule has 3 rings (SSSR count). The summed E-state index contributed by atoms with van der Waals surface area (Å²) in [6, 6.07) is 5.41. The minimum absolute atomic E-state index is 0.0368. The predicted octanol–water partition coefficient (Wildman–Crippen LogP) is 5.05. The summed E-state index contributed by atoms with van der Waals surface area (Å²) in [5.41, 5.74) is 5.08. The van der Waals surface area contributed by atoms with E-state index in [-0.39, 0.29) is 34.3 Å². The number of amidine groups is 1. The monoisotopic (exact) mass is 531 g/mol. The van der Waals surface area contributed by atoms with Crippen molar-refractivity contribution in [2.45, 2.75) is 31.5 Å². The van der Waals surface area contributed by atoms with Gasteiger partial charge in [0.25, 0.3) is 11.8 Å². The van der Waals surface area contributed by atoms with E-state index in [9.17, 15) is 26.7 Å². The van der Waals surface area contributed by atoms with Crippen molar-refractivity contribution in [3.8, 4) is 0 Å². The Balaban J connectivity index is 1.91. The first-order valence-corrected chi connectivity index (χ1v) is 11.1. The number of nitrogens with two attached hydrogens (primary N) is 1. The third-order valence-corrected chi connectivity index (χ3v) is 5.89. The van der Waals surface area contributed by atoms with Gasteiger partial charge in [0.15, 0.2) is 5.84 Å². The number of alkyl halides is 5. The zero-order valence-electron chi connectivity index (χ0n) is 19.2. The summed E-state index contributed by atoms with van der Waals surface area (Å²) in [5, 5.41) is 13.6. The number of nitrogens with one attached hydrogen (secondary N) is 1. The van der Waals surface area contributed by atoms with Gasteiger partial charge in [-0.2, -0.15) is 18.3 Å². The molecular weight excluding hydrogens is 509 g/mol. The van der Waals surface area contributed by atoms with Gasteiger partial charge in [0.2, 0.25) is 0 Å². The van der Waals surface area contributed by atoms with Gasteiger partial charge in [0.05, 0.1) is 30.8 Å². The first-order valence-electron chi connectivity index (χ1n) is 10.7. The summed E-state index contributed by atoms with van der Waals surface area (Å²) < 4.78 is 67.5. The highest BCUT2D eigenvalue weighted by Gasteiger charge is 2.46. The highest BCUT2D eigenvalue weighted by atomic mass is 35.5. The molecule has 2 heterocycles. The Hall–Kier alpha value is -3.35. The molecule has 2 unspecified atom stereocenters. The number of amides is 1. The maximum absolute atomic E-state index is 14.5. The summed E-state index contributed by atoms with van der Waals surface area (Å²) in [7, 11) is 1.37. The number of aromatic nitrogens is 1. The molecule has 8 nitrogen and oxygen atoms in total. The second-order valence-corrected chi connectivity index (χ2v) is 8.75. The highest BCUT2D eigenvalue weighted by molar-refractivity contribution is 6.31. The van der Waals surface area contributed by atoms with Gasteiger partial charge in [-0.1, -0.05) is 18.5 Å². The summed E-state index contributed by atoms with van der Waals surface area (Å²) in [6.45, 7) is 0.654. The lowest BCUT2D eigenvalue weighted by molar-refractivity contribution is -0.137. The van der Waals surface area contributed by atoms with E-state index in [0.717, 1.165) is 17.0 Å². The Morgan fingerprint density at radius 1 is 1.28 bits per heavy atom. The molecule has 194 valence electrons. The zero-order valence-corrected chi connectivity index (χ0v) is 20.0. The predicted molar refractivity (Wildman–Crippen MR) is 124 cm³/mol. The molecule has 36 heavy (non-hydrogen) atoms. The van der Waals surface area contributed by atoms with Crippen LogP contribution in [-0.4, -0.2) is 53.7 Å². The van der Waals surface area contributed by atoms with E-state index in [2.05, 4.69) is 25.7 Å². The average molecular weight is 532 g/mol. The molecule has 2 atom stereocenters. The van der Waals surface area contributed by atoms with E-state index < -0.39 is 48.5 Å². The van der Waals surface area contributed by atoms with Crippen molar-refractivity contribution < 1.29 is 26.7 Å². The third kappa shape index (κ3) is 6.45. The number of hydrogen-bond acceptors (Lipinski definition) is 5. The number of pyridine rings is 1. The molecule has 1 saturated heterocycles. The topological polar surface area (TPSA) is 108 Å². The number of anilines is 1. The SMILES string of the molecule is CN=NN=C(N)c1ccc(Cl)cc1C(=O)N1CC(F)(F)CC(C)C1CNc1ccc(C(F)(F)F)cn1. The molecular formula is C22H23ClF5N7O. The number of rotatable bonds is 6. The molecule has 0 radical (unpaired) electrons. The normalized spacial score (nSPS) is 20.6. The lowest BCUT2D eigenvalue weighted by Crippen LogP contribution is -2.57. The minimum Gasteiger partial charge on any atom is -0.382 e. The Bertz CT molecular complexity index is 1150. The lowest BCUT2D eigenvalue weighted by atomic mass is 9.87. The van der Waals surface area contributed by atoms with Crippen molar-refractivity contribution in [2.75, 3.05) is 25.5 Å². The Labute approximate surface area is 208 Å². The zero-order chi connectivity index (χ0) is 26.7. The average Bonchev–Trinajstić information content (AvgIpc) is 2.80. The standard InChI is InChI=1S/C22H23ClF5N7O/c1-12-8-21(24,25)11-35(17(12)10-32-18-6-3-13(9-31-18)22(26,27)28)20(36)16-7-14(23)4-5-15(16)19(29)33-34-30-2/h3-7,9,12,17H,8,10-11H2,1-2H3,(H,31,32)(H2,29,30,33). The van der Waals surface area contributed by atoms with Crippen LogP contribution in [0.3, 0.4) is 0 Å². The molecule has 1 amide bonds. The second-order valence-electron chi connectivity index (χ2n) is 8.31. The van der Waals surface area contributed by atoms with E-state index in [4.69, 9.17) is 17.3 Å². The summed E-state index contributed by atoms with van der Waals surface area (Å²) in [4.78, 5) is 18.3. The fourth-order valence-electron chi connectivity index (χ4n) is 3.97. The number of likely N-dealkylation sites (tertiary alicyclic amines) is 1. The molecule has 0 aliphatic carbocycles. The molecule has 1 fully saturated rings. The van der Waals surface area contributed by atoms with Crippen molar-refractivity contribution in [2.24, 2.45) is 27.1 Å². The van der Waals surface area contributed by atoms with Gasteiger partial charge in [0, 0.05) is 29.7 Å². The quantitative estimate of drug-likeness (QED) is 0.179. The fourth-order valence-corrected chi connectivity index (χ4v) is 4.14. The molecule has 1 aromatic carbocycles. The lowest BCUT2D eigenvalue weighted by Gasteiger charge is -2.43. The van der Waals surface area contributed by atoms with Crippen LogP contribution in [0.2, 0.25) is 5.02 Å². The smallest absolute Gasteiger partial charge is 0.382 e. The molecule has 14 heteroatoms. The number of nitrogens with zero attached hydrogens (tertiary/aromatic N) is 5. The molecule has 1 aromatic heterocycles. The van der Waals surface area contributed by atoms with E-state index in [1.54, 1.807) is 6.92 Å². The Morgan fingerprint density at radius 2 is 2.00 bits per heavy atom. The largest absolute Gasteiger partial charge is 0.417 e. The molecule has 0 spiro atoms. The number of halogens is 6. The van der Waals surface area contributed by atoms with Crippen molar-refractivity contribution in [3.63, 3.8) is 0 Å². The van der Waals surface area contributed by atoms with Gasteiger partial charge in [-0.25, -0.2) is 13.8 Å². The summed E-state index contributed by atoms with van der Waals surface area (Å²) in [6.07, 6.45) is -4.36. The number of piperidine rings is 1. The fraction of sp³-hybridized carbons (Fsp3) is 0.409. The van der Waals surface area contributed by atoms with Crippen molar-refractivity contribution >= 4 is 29.2 Å². The van der Waals surface area contributed by atoms with Crippen LogP contribution in [0.4, 0.5) is 27.8 Å². The van der Waals surface area contributed by atoms with Crippen LogP contribution < -0.4 is 11.1 Å². The van der Waals surface area contributed by atoms with Gasteiger partial charge in [-0.05, 0) is 41.5 Å². The van der Waals surface area contributed by atoms with E-state index in [1.807, 2.05) is 0 Å².